The molecule has 2 aliphatic rings. The van der Waals surface area contributed by atoms with Crippen LogP contribution in [0.3, 0.4) is 0 Å². The molecule has 0 aromatic rings. The summed E-state index contributed by atoms with van der Waals surface area (Å²) in [5.41, 5.74) is 5.92. The van der Waals surface area contributed by atoms with Crippen LogP contribution in [-0.2, 0) is 4.79 Å². The van der Waals surface area contributed by atoms with Gasteiger partial charge in [-0.25, -0.2) is 0 Å². The Hall–Kier alpha value is -0.570. The first kappa shape index (κ1) is 12.9. The normalized spacial score (nSPS) is 34.7. The molecule has 1 saturated heterocycles. The van der Waals surface area contributed by atoms with Crippen molar-refractivity contribution in [3.63, 3.8) is 0 Å². The Bertz CT molecular complexity index is 267. The predicted octanol–water partition coefficient (Wildman–Crippen LogP) is 2.15. The van der Waals surface area contributed by atoms with Gasteiger partial charge in [0.15, 0.2) is 0 Å². The Morgan fingerprint density at radius 3 is 2.82 bits per heavy atom. The van der Waals surface area contributed by atoms with Gasteiger partial charge in [-0.1, -0.05) is 19.8 Å². The maximum Gasteiger partial charge on any atom is 0.222 e. The summed E-state index contributed by atoms with van der Waals surface area (Å²) in [6, 6.07) is 0.206. The summed E-state index contributed by atoms with van der Waals surface area (Å²) in [5.74, 6) is 1.79. The fraction of sp³-hybridized carbons (Fsp3) is 0.929. The molecule has 2 fully saturated rings. The van der Waals surface area contributed by atoms with E-state index in [4.69, 9.17) is 5.73 Å². The van der Waals surface area contributed by atoms with Crippen LogP contribution in [0.5, 0.6) is 0 Å². The number of likely N-dealkylation sites (tertiary alicyclic amines) is 1. The third kappa shape index (κ3) is 3.70. The summed E-state index contributed by atoms with van der Waals surface area (Å²) < 4.78 is 0. The molecule has 3 atom stereocenters. The van der Waals surface area contributed by atoms with Gasteiger partial charge in [0.2, 0.25) is 5.91 Å². The highest BCUT2D eigenvalue weighted by molar-refractivity contribution is 5.76. The molecule has 3 heteroatoms. The van der Waals surface area contributed by atoms with E-state index in [-0.39, 0.29) is 6.04 Å². The van der Waals surface area contributed by atoms with Crippen LogP contribution in [-0.4, -0.2) is 29.9 Å². The molecule has 0 spiro atoms. The van der Waals surface area contributed by atoms with Gasteiger partial charge in [0.1, 0.15) is 0 Å². The quantitative estimate of drug-likeness (QED) is 0.801. The lowest BCUT2D eigenvalue weighted by Crippen LogP contribution is -2.46. The van der Waals surface area contributed by atoms with Crippen molar-refractivity contribution >= 4 is 5.91 Å². The molecular weight excluding hydrogens is 212 g/mol. The summed E-state index contributed by atoms with van der Waals surface area (Å²) in [6.45, 7) is 4.02. The summed E-state index contributed by atoms with van der Waals surface area (Å²) in [5, 5.41) is 0. The second-order valence-electron chi connectivity index (χ2n) is 6.08. The van der Waals surface area contributed by atoms with Crippen LogP contribution in [0.25, 0.3) is 0 Å². The van der Waals surface area contributed by atoms with Gasteiger partial charge in [-0.05, 0) is 37.5 Å². The van der Waals surface area contributed by atoms with Crippen LogP contribution in [0, 0.1) is 11.8 Å². The summed E-state index contributed by atoms with van der Waals surface area (Å²) in [6.07, 6.45) is 8.05. The highest BCUT2D eigenvalue weighted by atomic mass is 16.2. The van der Waals surface area contributed by atoms with Gasteiger partial charge in [-0.3, -0.25) is 4.79 Å². The number of rotatable bonds is 2. The molecule has 2 N–H and O–H groups in total. The minimum Gasteiger partial charge on any atom is -0.341 e. The zero-order valence-electron chi connectivity index (χ0n) is 11.0. The van der Waals surface area contributed by atoms with E-state index in [0.29, 0.717) is 11.8 Å². The number of nitrogens with two attached hydrogens (primary N) is 1. The number of piperidine rings is 1. The van der Waals surface area contributed by atoms with E-state index in [9.17, 15) is 4.79 Å². The third-order valence-electron chi connectivity index (χ3n) is 4.32. The van der Waals surface area contributed by atoms with Crippen LogP contribution in [0.15, 0.2) is 0 Å². The third-order valence-corrected chi connectivity index (χ3v) is 4.32. The molecule has 0 radical (unpaired) electrons. The first-order valence-corrected chi connectivity index (χ1v) is 7.18. The molecule has 3 unspecified atom stereocenters. The number of hydrogen-bond acceptors (Lipinski definition) is 2. The summed E-state index contributed by atoms with van der Waals surface area (Å²) in [7, 11) is 0. The Labute approximate surface area is 105 Å². The van der Waals surface area contributed by atoms with Crippen molar-refractivity contribution in [2.24, 2.45) is 17.6 Å². The second kappa shape index (κ2) is 5.85. The van der Waals surface area contributed by atoms with Gasteiger partial charge >= 0.3 is 0 Å². The Balaban J connectivity index is 1.79. The van der Waals surface area contributed by atoms with Crippen molar-refractivity contribution in [3.05, 3.63) is 0 Å². The molecule has 1 heterocycles. The molecule has 1 aliphatic heterocycles. The first-order valence-electron chi connectivity index (χ1n) is 7.18. The lowest BCUT2D eigenvalue weighted by molar-refractivity contribution is -0.133. The summed E-state index contributed by atoms with van der Waals surface area (Å²) >= 11 is 0. The monoisotopic (exact) mass is 238 g/mol. The van der Waals surface area contributed by atoms with Crippen LogP contribution in [0.4, 0.5) is 0 Å². The Morgan fingerprint density at radius 2 is 2.12 bits per heavy atom. The molecular formula is C14H26N2O. The molecule has 2 rings (SSSR count). The van der Waals surface area contributed by atoms with Crippen LogP contribution in [0.2, 0.25) is 0 Å². The smallest absolute Gasteiger partial charge is 0.222 e. The lowest BCUT2D eigenvalue weighted by atomic mass is 9.80. The van der Waals surface area contributed by atoms with E-state index >= 15 is 0 Å². The average Bonchev–Trinajstić information content (AvgIpc) is 2.29. The maximum atomic E-state index is 12.2. The van der Waals surface area contributed by atoms with E-state index in [0.717, 1.165) is 38.3 Å². The number of carbonyl (C=O) groups is 1. The maximum absolute atomic E-state index is 12.2. The number of hydrogen-bond donors (Lipinski definition) is 1. The minimum absolute atomic E-state index is 0.206. The Kier molecular flexibility index (Phi) is 4.43. The van der Waals surface area contributed by atoms with Gasteiger partial charge < -0.3 is 10.6 Å². The largest absolute Gasteiger partial charge is 0.341 e. The van der Waals surface area contributed by atoms with Gasteiger partial charge in [0.25, 0.3) is 0 Å². The molecule has 0 aromatic heterocycles. The number of nitrogens with zero attached hydrogens (tertiary/aromatic N) is 1. The standard InChI is InChI=1S/C14H26N2O/c1-11-4-2-5-12(8-11)9-14(17)16-7-3-6-13(15)10-16/h11-13H,2-10,15H2,1H3. The van der Waals surface area contributed by atoms with Crippen molar-refractivity contribution in [3.8, 4) is 0 Å². The van der Waals surface area contributed by atoms with Crippen LogP contribution >= 0.6 is 0 Å². The highest BCUT2D eigenvalue weighted by Crippen LogP contribution is 2.31. The number of amides is 1. The van der Waals surface area contributed by atoms with Gasteiger partial charge in [0.05, 0.1) is 0 Å². The molecule has 0 bridgehead atoms. The van der Waals surface area contributed by atoms with Crippen molar-refractivity contribution in [1.82, 2.24) is 4.90 Å². The number of carbonyl (C=O) groups excluding carboxylic acids is 1. The molecule has 3 nitrogen and oxygen atoms in total. The van der Waals surface area contributed by atoms with E-state index < -0.39 is 0 Å². The zero-order chi connectivity index (χ0) is 12.3. The zero-order valence-corrected chi connectivity index (χ0v) is 11.0. The Morgan fingerprint density at radius 1 is 1.29 bits per heavy atom. The SMILES string of the molecule is CC1CCCC(CC(=O)N2CCCC(N)C2)C1. The first-order chi connectivity index (χ1) is 8.15. The fourth-order valence-corrected chi connectivity index (χ4v) is 3.36. The van der Waals surface area contributed by atoms with Gasteiger partial charge in [-0.2, -0.15) is 0 Å². The van der Waals surface area contributed by atoms with E-state index in [1.54, 1.807) is 0 Å². The van der Waals surface area contributed by atoms with Crippen LogP contribution in [0.1, 0.15) is 51.9 Å². The summed E-state index contributed by atoms with van der Waals surface area (Å²) in [4.78, 5) is 14.2. The highest BCUT2D eigenvalue weighted by Gasteiger charge is 2.26. The van der Waals surface area contributed by atoms with Crippen molar-refractivity contribution in [2.75, 3.05) is 13.1 Å². The minimum atomic E-state index is 0.206. The van der Waals surface area contributed by atoms with Crippen molar-refractivity contribution in [2.45, 2.75) is 57.9 Å². The van der Waals surface area contributed by atoms with Crippen molar-refractivity contribution in [1.29, 1.82) is 0 Å². The van der Waals surface area contributed by atoms with E-state index in [1.807, 2.05) is 4.90 Å². The molecule has 1 amide bonds. The molecule has 1 saturated carbocycles. The average molecular weight is 238 g/mol. The lowest BCUT2D eigenvalue weighted by Gasteiger charge is -2.33. The molecule has 98 valence electrons. The van der Waals surface area contributed by atoms with Crippen LogP contribution < -0.4 is 5.73 Å². The van der Waals surface area contributed by atoms with E-state index in [1.165, 1.54) is 25.7 Å². The topological polar surface area (TPSA) is 46.3 Å². The van der Waals surface area contributed by atoms with Gasteiger partial charge in [0, 0.05) is 25.6 Å². The molecule has 17 heavy (non-hydrogen) atoms. The molecule has 1 aliphatic carbocycles. The van der Waals surface area contributed by atoms with Crippen molar-refractivity contribution < 1.29 is 4.79 Å². The second-order valence-corrected chi connectivity index (χ2v) is 6.08. The van der Waals surface area contributed by atoms with E-state index in [2.05, 4.69) is 6.92 Å². The predicted molar refractivity (Wildman–Crippen MR) is 69.5 cm³/mol. The van der Waals surface area contributed by atoms with Gasteiger partial charge in [-0.15, -0.1) is 0 Å². The fourth-order valence-electron chi connectivity index (χ4n) is 3.36. The molecule has 0 aromatic carbocycles.